The zero-order valence-corrected chi connectivity index (χ0v) is 10.2. The first-order valence-corrected chi connectivity index (χ1v) is 4.04. The largest absolute Gasteiger partial charge is 0.368 e. The summed E-state index contributed by atoms with van der Waals surface area (Å²) in [4.78, 5) is 28.8. The summed E-state index contributed by atoms with van der Waals surface area (Å²) in [5, 5.41) is 0. The van der Waals surface area contributed by atoms with E-state index in [-0.39, 0.29) is 31.2 Å². The number of H-pyrrole nitrogens is 1. The van der Waals surface area contributed by atoms with Crippen LogP contribution in [0.25, 0.3) is 0 Å². The van der Waals surface area contributed by atoms with Crippen LogP contribution in [0, 0.1) is 0 Å². The Bertz CT molecular complexity index is 351. The van der Waals surface area contributed by atoms with E-state index < -0.39 is 17.2 Å². The van der Waals surface area contributed by atoms with Gasteiger partial charge in [-0.3, -0.25) is 9.59 Å². The first-order chi connectivity index (χ1) is 6.44. The zero-order chi connectivity index (χ0) is 10.8. The maximum absolute atomic E-state index is 11.5. The summed E-state index contributed by atoms with van der Waals surface area (Å²) in [7, 11) is 0. The SMILES string of the molecule is C[C@@](N)(C(N)=O)C(=O)Cc1cnc[nH]1.Cl.Cl. The number of primary amides is 1. The Hall–Kier alpha value is -1.11. The number of nitrogens with two attached hydrogens (primary N) is 2. The number of carbonyl (C=O) groups is 2. The molecule has 1 aromatic heterocycles. The molecule has 0 aromatic carbocycles. The Morgan fingerprint density at radius 2 is 2.06 bits per heavy atom. The fourth-order valence-electron chi connectivity index (χ4n) is 0.875. The van der Waals surface area contributed by atoms with E-state index in [0.717, 1.165) is 0 Å². The Morgan fingerprint density at radius 1 is 1.50 bits per heavy atom. The monoisotopic (exact) mass is 268 g/mol. The van der Waals surface area contributed by atoms with Crippen molar-refractivity contribution in [2.75, 3.05) is 0 Å². The molecule has 6 nitrogen and oxygen atoms in total. The van der Waals surface area contributed by atoms with E-state index in [1.807, 2.05) is 0 Å². The highest BCUT2D eigenvalue weighted by atomic mass is 35.5. The van der Waals surface area contributed by atoms with Gasteiger partial charge in [-0.05, 0) is 6.92 Å². The van der Waals surface area contributed by atoms with Crippen LogP contribution in [0.15, 0.2) is 12.5 Å². The van der Waals surface area contributed by atoms with Crippen molar-refractivity contribution in [2.45, 2.75) is 18.9 Å². The van der Waals surface area contributed by atoms with Crippen molar-refractivity contribution in [1.29, 1.82) is 0 Å². The molecule has 0 unspecified atom stereocenters. The molecule has 0 fully saturated rings. The Balaban J connectivity index is 0. The molecule has 5 N–H and O–H groups in total. The van der Waals surface area contributed by atoms with Crippen molar-refractivity contribution >= 4 is 36.5 Å². The molecule has 16 heavy (non-hydrogen) atoms. The number of rotatable bonds is 4. The Labute approximate surface area is 105 Å². The number of imidazole rings is 1. The number of nitrogens with one attached hydrogen (secondary N) is 1. The van der Waals surface area contributed by atoms with E-state index in [2.05, 4.69) is 9.97 Å². The van der Waals surface area contributed by atoms with Gasteiger partial charge in [0.1, 0.15) is 0 Å². The van der Waals surface area contributed by atoms with Gasteiger partial charge in [-0.1, -0.05) is 0 Å². The second kappa shape index (κ2) is 6.47. The molecule has 1 heterocycles. The first-order valence-electron chi connectivity index (χ1n) is 4.04. The van der Waals surface area contributed by atoms with E-state index in [1.54, 1.807) is 0 Å². The third-order valence-electron chi connectivity index (χ3n) is 2.00. The van der Waals surface area contributed by atoms with E-state index >= 15 is 0 Å². The van der Waals surface area contributed by atoms with E-state index in [4.69, 9.17) is 11.5 Å². The molecule has 0 aliphatic rings. The molecule has 1 aromatic rings. The molecule has 92 valence electrons. The number of carbonyl (C=O) groups excluding carboxylic acids is 2. The highest BCUT2D eigenvalue weighted by molar-refractivity contribution is 6.09. The lowest BCUT2D eigenvalue weighted by atomic mass is 9.94. The lowest BCUT2D eigenvalue weighted by Crippen LogP contribution is -2.56. The highest BCUT2D eigenvalue weighted by Crippen LogP contribution is 2.05. The average Bonchev–Trinajstić information content (AvgIpc) is 2.56. The van der Waals surface area contributed by atoms with Crippen molar-refractivity contribution in [1.82, 2.24) is 9.97 Å². The maximum atomic E-state index is 11.5. The molecule has 0 saturated carbocycles. The van der Waals surface area contributed by atoms with Crippen LogP contribution in [-0.4, -0.2) is 27.2 Å². The van der Waals surface area contributed by atoms with Crippen LogP contribution in [0.2, 0.25) is 0 Å². The predicted molar refractivity (Wildman–Crippen MR) is 63.6 cm³/mol. The van der Waals surface area contributed by atoms with Crippen LogP contribution >= 0.6 is 24.8 Å². The molecule has 8 heteroatoms. The summed E-state index contributed by atoms with van der Waals surface area (Å²) in [6, 6.07) is 0. The summed E-state index contributed by atoms with van der Waals surface area (Å²) in [5.74, 6) is -1.27. The van der Waals surface area contributed by atoms with Gasteiger partial charge in [0.05, 0.1) is 12.7 Å². The molecule has 0 saturated heterocycles. The normalized spacial score (nSPS) is 12.9. The summed E-state index contributed by atoms with van der Waals surface area (Å²) in [5.41, 5.74) is 9.44. The number of ketones is 1. The van der Waals surface area contributed by atoms with Gasteiger partial charge in [0, 0.05) is 11.9 Å². The lowest BCUT2D eigenvalue weighted by molar-refractivity contribution is -0.132. The average molecular weight is 269 g/mol. The molecule has 0 spiro atoms. The van der Waals surface area contributed by atoms with Crippen LogP contribution in [-0.2, 0) is 16.0 Å². The van der Waals surface area contributed by atoms with Crippen molar-refractivity contribution in [2.24, 2.45) is 11.5 Å². The van der Waals surface area contributed by atoms with E-state index in [9.17, 15) is 9.59 Å². The first kappa shape index (κ1) is 17.3. The number of aromatic nitrogens is 2. The predicted octanol–water partition coefficient (Wildman–Crippen LogP) is -0.432. The third-order valence-corrected chi connectivity index (χ3v) is 2.00. The number of Topliss-reactive ketones (excluding diaryl/α,β-unsaturated/α-hetero) is 1. The summed E-state index contributed by atoms with van der Waals surface area (Å²) in [6.45, 7) is 1.30. The number of hydrogen-bond donors (Lipinski definition) is 3. The van der Waals surface area contributed by atoms with Gasteiger partial charge in [0.2, 0.25) is 5.91 Å². The van der Waals surface area contributed by atoms with Gasteiger partial charge >= 0.3 is 0 Å². The summed E-state index contributed by atoms with van der Waals surface area (Å²) < 4.78 is 0. The highest BCUT2D eigenvalue weighted by Gasteiger charge is 2.34. The number of hydrogen-bond acceptors (Lipinski definition) is 4. The topological polar surface area (TPSA) is 115 Å². The minimum absolute atomic E-state index is 0. The van der Waals surface area contributed by atoms with Gasteiger partial charge in [-0.25, -0.2) is 4.98 Å². The van der Waals surface area contributed by atoms with Crippen molar-refractivity contribution < 1.29 is 9.59 Å². The van der Waals surface area contributed by atoms with Crippen LogP contribution in [0.5, 0.6) is 0 Å². The lowest BCUT2D eigenvalue weighted by Gasteiger charge is -2.17. The summed E-state index contributed by atoms with van der Waals surface area (Å²) in [6.07, 6.45) is 2.96. The van der Waals surface area contributed by atoms with Gasteiger partial charge in [-0.2, -0.15) is 0 Å². The fraction of sp³-hybridized carbons (Fsp3) is 0.375. The second-order valence-corrected chi connectivity index (χ2v) is 3.24. The molecule has 0 aliphatic carbocycles. The van der Waals surface area contributed by atoms with Gasteiger partial charge < -0.3 is 16.5 Å². The fourth-order valence-corrected chi connectivity index (χ4v) is 0.875. The number of aromatic amines is 1. The second-order valence-electron chi connectivity index (χ2n) is 3.24. The Kier molecular flexibility index (Phi) is 6.99. The van der Waals surface area contributed by atoms with Crippen molar-refractivity contribution in [3.63, 3.8) is 0 Å². The smallest absolute Gasteiger partial charge is 0.244 e. The van der Waals surface area contributed by atoms with E-state index in [1.165, 1.54) is 19.4 Å². The molecular formula is C8H14Cl2N4O2. The Morgan fingerprint density at radius 3 is 2.44 bits per heavy atom. The number of nitrogens with zero attached hydrogens (tertiary/aromatic N) is 1. The number of halogens is 2. The van der Waals surface area contributed by atoms with Gasteiger partial charge in [-0.15, -0.1) is 24.8 Å². The molecule has 1 rings (SSSR count). The quantitative estimate of drug-likeness (QED) is 0.643. The van der Waals surface area contributed by atoms with Gasteiger partial charge in [0.25, 0.3) is 0 Å². The third kappa shape index (κ3) is 3.80. The van der Waals surface area contributed by atoms with Crippen LogP contribution in [0.1, 0.15) is 12.6 Å². The van der Waals surface area contributed by atoms with Crippen molar-refractivity contribution in [3.05, 3.63) is 18.2 Å². The van der Waals surface area contributed by atoms with Crippen molar-refractivity contribution in [3.8, 4) is 0 Å². The molecule has 1 atom stereocenters. The zero-order valence-electron chi connectivity index (χ0n) is 8.60. The molecule has 0 bridgehead atoms. The van der Waals surface area contributed by atoms with Gasteiger partial charge in [0.15, 0.2) is 11.3 Å². The molecular weight excluding hydrogens is 255 g/mol. The summed E-state index contributed by atoms with van der Waals surface area (Å²) >= 11 is 0. The minimum Gasteiger partial charge on any atom is -0.368 e. The van der Waals surface area contributed by atoms with Crippen LogP contribution in [0.4, 0.5) is 0 Å². The van der Waals surface area contributed by atoms with Crippen LogP contribution in [0.3, 0.4) is 0 Å². The van der Waals surface area contributed by atoms with Crippen LogP contribution < -0.4 is 11.5 Å². The molecule has 0 aliphatic heterocycles. The maximum Gasteiger partial charge on any atom is 0.244 e. The molecule has 0 radical (unpaired) electrons. The standard InChI is InChI=1S/C8H12N4O2.2ClH/c1-8(10,7(9)14)6(13)2-5-3-11-4-12-5;;/h3-4H,2,10H2,1H3,(H2,9,14)(H,11,12);2*1H/t8-;;/m0../s1. The number of amides is 1. The van der Waals surface area contributed by atoms with E-state index in [0.29, 0.717) is 5.69 Å². The molecule has 1 amide bonds. The minimum atomic E-state index is -1.62.